The molecule has 0 N–H and O–H groups in total. The van der Waals surface area contributed by atoms with Gasteiger partial charge >= 0.3 is 0 Å². The van der Waals surface area contributed by atoms with E-state index in [0.29, 0.717) is 0 Å². The van der Waals surface area contributed by atoms with Crippen LogP contribution in [-0.4, -0.2) is 4.57 Å². The number of fused-ring (bicyclic) bond motifs is 6. The van der Waals surface area contributed by atoms with E-state index >= 15 is 0 Å². The molecule has 10 rings (SSSR count). The van der Waals surface area contributed by atoms with Gasteiger partial charge in [0.25, 0.3) is 0 Å². The fourth-order valence-corrected chi connectivity index (χ4v) is 7.73. The van der Waals surface area contributed by atoms with Crippen LogP contribution < -0.4 is 4.90 Å². The first-order chi connectivity index (χ1) is 25.3. The van der Waals surface area contributed by atoms with Gasteiger partial charge in [0.15, 0.2) is 5.58 Å². The summed E-state index contributed by atoms with van der Waals surface area (Å²) in [5, 5.41) is 4.57. The van der Waals surface area contributed by atoms with Crippen molar-refractivity contribution >= 4 is 60.8 Å². The SMILES string of the molecule is c1ccc(-c2ccc(N(c3cccc4c3oc3ccccc34)c3cccc4c3c3ccccc3n4-c3ccccc3)c(-c3ccccc3)c2)cc1. The molecule has 3 heteroatoms. The van der Waals surface area contributed by atoms with Gasteiger partial charge in [0.05, 0.1) is 28.1 Å². The van der Waals surface area contributed by atoms with E-state index in [1.165, 1.54) is 21.9 Å². The molecule has 8 aromatic carbocycles. The molecule has 2 aromatic heterocycles. The van der Waals surface area contributed by atoms with Gasteiger partial charge in [0, 0.05) is 32.8 Å². The molecule has 0 atom stereocenters. The molecule has 0 spiro atoms. The third-order valence-electron chi connectivity index (χ3n) is 9.98. The highest BCUT2D eigenvalue weighted by atomic mass is 16.3. The molecule has 0 radical (unpaired) electrons. The number of benzene rings is 8. The van der Waals surface area contributed by atoms with Crippen LogP contribution >= 0.6 is 0 Å². The minimum Gasteiger partial charge on any atom is -0.454 e. The third kappa shape index (κ3) is 4.74. The zero-order valence-corrected chi connectivity index (χ0v) is 27.8. The van der Waals surface area contributed by atoms with Crippen LogP contribution in [0.25, 0.3) is 71.7 Å². The molecule has 0 aliphatic rings. The summed E-state index contributed by atoms with van der Waals surface area (Å²) >= 11 is 0. The number of aromatic nitrogens is 1. The topological polar surface area (TPSA) is 21.3 Å². The maximum absolute atomic E-state index is 6.77. The van der Waals surface area contributed by atoms with Gasteiger partial charge in [0.1, 0.15) is 5.58 Å². The molecule has 2 heterocycles. The first kappa shape index (κ1) is 29.1. The maximum Gasteiger partial charge on any atom is 0.159 e. The van der Waals surface area contributed by atoms with Crippen molar-refractivity contribution < 1.29 is 4.42 Å². The highest BCUT2D eigenvalue weighted by molar-refractivity contribution is 6.18. The molecule has 0 aliphatic carbocycles. The van der Waals surface area contributed by atoms with E-state index in [1.54, 1.807) is 0 Å². The van der Waals surface area contributed by atoms with Crippen LogP contribution in [0.5, 0.6) is 0 Å². The normalized spacial score (nSPS) is 11.5. The van der Waals surface area contributed by atoms with Gasteiger partial charge < -0.3 is 13.9 Å². The summed E-state index contributed by atoms with van der Waals surface area (Å²) in [5.41, 5.74) is 12.9. The summed E-state index contributed by atoms with van der Waals surface area (Å²) in [6, 6.07) is 69.1. The molecule has 3 nitrogen and oxygen atoms in total. The van der Waals surface area contributed by atoms with E-state index in [9.17, 15) is 0 Å². The molecule has 240 valence electrons. The number of hydrogen-bond acceptors (Lipinski definition) is 2. The largest absolute Gasteiger partial charge is 0.454 e. The average molecular weight is 653 g/mol. The lowest BCUT2D eigenvalue weighted by molar-refractivity contribution is 0.669. The van der Waals surface area contributed by atoms with Crippen LogP contribution in [0, 0.1) is 0 Å². The molecule has 0 bridgehead atoms. The molecule has 0 aliphatic heterocycles. The lowest BCUT2D eigenvalue weighted by Crippen LogP contribution is -2.12. The van der Waals surface area contributed by atoms with Gasteiger partial charge in [-0.1, -0.05) is 140 Å². The van der Waals surface area contributed by atoms with Crippen LogP contribution in [0.2, 0.25) is 0 Å². The van der Waals surface area contributed by atoms with E-state index < -0.39 is 0 Å². The van der Waals surface area contributed by atoms with Crippen molar-refractivity contribution in [1.82, 2.24) is 4.57 Å². The number of anilines is 3. The Balaban J connectivity index is 1.34. The van der Waals surface area contributed by atoms with Gasteiger partial charge in [0.2, 0.25) is 0 Å². The lowest BCUT2D eigenvalue weighted by Gasteiger charge is -2.29. The summed E-state index contributed by atoms with van der Waals surface area (Å²) < 4.78 is 9.15. The van der Waals surface area contributed by atoms with Crippen molar-refractivity contribution in [2.75, 3.05) is 4.90 Å². The van der Waals surface area contributed by atoms with Crippen molar-refractivity contribution in [3.63, 3.8) is 0 Å². The summed E-state index contributed by atoms with van der Waals surface area (Å²) in [6.07, 6.45) is 0. The fraction of sp³-hybridized carbons (Fsp3) is 0. The zero-order chi connectivity index (χ0) is 33.7. The smallest absolute Gasteiger partial charge is 0.159 e. The van der Waals surface area contributed by atoms with Gasteiger partial charge in [-0.3, -0.25) is 0 Å². The Hall–Kier alpha value is -6.84. The quantitative estimate of drug-likeness (QED) is 0.178. The number of rotatable bonds is 6. The third-order valence-corrected chi connectivity index (χ3v) is 9.98. The standard InChI is InChI=1S/C48H32N2O/c1-4-16-33(17-5-1)35-30-31-42(40(32-35)34-18-6-2-7-19-34)50(45-28-14-24-38-37-22-11-13-29-46(37)51-48(38)45)44-27-15-26-43-47(44)39-23-10-12-25-41(39)49(43)36-20-8-3-9-21-36/h1-32H. The Morgan fingerprint density at radius 1 is 0.392 bits per heavy atom. The van der Waals surface area contributed by atoms with Crippen molar-refractivity contribution in [3.8, 4) is 27.9 Å². The summed E-state index contributed by atoms with van der Waals surface area (Å²) in [7, 11) is 0. The minimum absolute atomic E-state index is 0.855. The summed E-state index contributed by atoms with van der Waals surface area (Å²) in [6.45, 7) is 0. The highest BCUT2D eigenvalue weighted by Crippen LogP contribution is 2.49. The molecule has 0 amide bonds. The van der Waals surface area contributed by atoms with Gasteiger partial charge in [-0.15, -0.1) is 0 Å². The van der Waals surface area contributed by atoms with Gasteiger partial charge in [-0.05, 0) is 71.3 Å². The first-order valence-electron chi connectivity index (χ1n) is 17.4. The Labute approximate surface area is 295 Å². The predicted molar refractivity (Wildman–Crippen MR) is 214 cm³/mol. The Morgan fingerprint density at radius 3 is 1.80 bits per heavy atom. The van der Waals surface area contributed by atoms with Crippen molar-refractivity contribution in [2.45, 2.75) is 0 Å². The maximum atomic E-state index is 6.77. The van der Waals surface area contributed by atoms with E-state index in [0.717, 1.165) is 66.8 Å². The molecule has 10 aromatic rings. The summed E-state index contributed by atoms with van der Waals surface area (Å²) in [5.74, 6) is 0. The van der Waals surface area contributed by atoms with Crippen LogP contribution in [-0.2, 0) is 0 Å². The van der Waals surface area contributed by atoms with E-state index in [4.69, 9.17) is 4.42 Å². The minimum atomic E-state index is 0.855. The Kier molecular flexibility index (Phi) is 6.81. The average Bonchev–Trinajstić information content (AvgIpc) is 3.76. The van der Waals surface area contributed by atoms with Crippen LogP contribution in [0.1, 0.15) is 0 Å². The van der Waals surface area contributed by atoms with E-state index in [-0.39, 0.29) is 0 Å². The second-order valence-corrected chi connectivity index (χ2v) is 12.9. The van der Waals surface area contributed by atoms with Crippen LogP contribution in [0.15, 0.2) is 199 Å². The monoisotopic (exact) mass is 652 g/mol. The molecule has 0 saturated carbocycles. The van der Waals surface area contributed by atoms with Gasteiger partial charge in [-0.25, -0.2) is 0 Å². The molecular weight excluding hydrogens is 621 g/mol. The summed E-state index contributed by atoms with van der Waals surface area (Å²) in [4.78, 5) is 2.42. The number of para-hydroxylation sites is 4. The number of hydrogen-bond donors (Lipinski definition) is 0. The second-order valence-electron chi connectivity index (χ2n) is 12.9. The van der Waals surface area contributed by atoms with Crippen molar-refractivity contribution in [1.29, 1.82) is 0 Å². The van der Waals surface area contributed by atoms with Crippen molar-refractivity contribution in [3.05, 3.63) is 194 Å². The highest BCUT2D eigenvalue weighted by Gasteiger charge is 2.26. The first-order valence-corrected chi connectivity index (χ1v) is 17.4. The second kappa shape index (κ2) is 11.9. The molecule has 0 fully saturated rings. The molecule has 51 heavy (non-hydrogen) atoms. The van der Waals surface area contributed by atoms with Crippen LogP contribution in [0.4, 0.5) is 17.1 Å². The Morgan fingerprint density at radius 2 is 1.00 bits per heavy atom. The zero-order valence-electron chi connectivity index (χ0n) is 27.8. The van der Waals surface area contributed by atoms with Gasteiger partial charge in [-0.2, -0.15) is 0 Å². The number of furan rings is 1. The molecular formula is C48H32N2O. The predicted octanol–water partition coefficient (Wildman–Crippen LogP) is 13.5. The van der Waals surface area contributed by atoms with Crippen molar-refractivity contribution in [2.24, 2.45) is 0 Å². The fourth-order valence-electron chi connectivity index (χ4n) is 7.73. The molecule has 0 saturated heterocycles. The Bertz CT molecular complexity index is 2850. The number of nitrogens with zero attached hydrogens (tertiary/aromatic N) is 2. The van der Waals surface area contributed by atoms with Crippen LogP contribution in [0.3, 0.4) is 0 Å². The molecule has 0 unspecified atom stereocenters. The van der Waals surface area contributed by atoms with E-state index in [1.807, 2.05) is 6.07 Å². The van der Waals surface area contributed by atoms with E-state index in [2.05, 4.69) is 198 Å². The lowest BCUT2D eigenvalue weighted by atomic mass is 9.95.